The lowest BCUT2D eigenvalue weighted by Gasteiger charge is -2.30. The summed E-state index contributed by atoms with van der Waals surface area (Å²) < 4.78 is 1.03. The summed E-state index contributed by atoms with van der Waals surface area (Å²) in [7, 11) is 0. The molecule has 5 heteroatoms. The van der Waals surface area contributed by atoms with Crippen molar-refractivity contribution in [1.82, 2.24) is 0 Å². The van der Waals surface area contributed by atoms with Gasteiger partial charge in [0.25, 0.3) is 0 Å². The molecular weight excluding hydrogens is 669 g/mol. The number of thiophene rings is 1. The molecule has 1 heterocycles. The molecule has 0 saturated carbocycles. The topological polar surface area (TPSA) is 64.3 Å². The average molecular weight is 705 g/mol. The Bertz CT molecular complexity index is 2620. The number of aliphatic carboxylic acids is 1. The molecule has 0 radical (unpaired) electrons. The molecule has 0 spiro atoms. The molecule has 0 bridgehead atoms. The minimum atomic E-state index is -1.22. The van der Waals surface area contributed by atoms with Crippen LogP contribution in [-0.2, 0) is 15.6 Å². The van der Waals surface area contributed by atoms with Gasteiger partial charge in [-0.25, -0.2) is 4.79 Å². The van der Waals surface area contributed by atoms with E-state index < -0.39 is 5.97 Å². The summed E-state index contributed by atoms with van der Waals surface area (Å²) in [5, 5.41) is 19.8. The number of nitrogens with zero attached hydrogens (tertiary/aromatic N) is 2. The molecule has 53 heavy (non-hydrogen) atoms. The van der Waals surface area contributed by atoms with Crippen molar-refractivity contribution >= 4 is 50.5 Å². The first-order chi connectivity index (χ1) is 25.6. The first-order valence-corrected chi connectivity index (χ1v) is 18.6. The number of hydrogen-bond acceptors (Lipinski definition) is 4. The van der Waals surface area contributed by atoms with Crippen LogP contribution in [0.15, 0.2) is 139 Å². The van der Waals surface area contributed by atoms with Crippen LogP contribution in [0, 0.1) is 11.3 Å². The monoisotopic (exact) mass is 704 g/mol. The van der Waals surface area contributed by atoms with Gasteiger partial charge >= 0.3 is 5.97 Å². The van der Waals surface area contributed by atoms with Gasteiger partial charge in [-0.15, -0.1) is 11.3 Å². The highest BCUT2D eigenvalue weighted by molar-refractivity contribution is 7.20. The Morgan fingerprint density at radius 3 is 1.68 bits per heavy atom. The van der Waals surface area contributed by atoms with Gasteiger partial charge in [-0.1, -0.05) is 113 Å². The van der Waals surface area contributed by atoms with Crippen molar-refractivity contribution in [3.8, 4) is 39.4 Å². The number of carbonyl (C=O) groups is 1. The van der Waals surface area contributed by atoms with E-state index in [1.807, 2.05) is 18.2 Å². The fourth-order valence-electron chi connectivity index (χ4n) is 8.59. The predicted octanol–water partition coefficient (Wildman–Crippen LogP) is 12.6. The number of nitriles is 1. The minimum absolute atomic E-state index is 0.134. The summed E-state index contributed by atoms with van der Waals surface area (Å²) in [5.74, 6) is -1.22. The van der Waals surface area contributed by atoms with E-state index in [9.17, 15) is 15.2 Å². The molecular formula is C48H36N2O2S. The first kappa shape index (κ1) is 32.7. The number of hydrogen-bond donors (Lipinski definition) is 1. The Morgan fingerprint density at radius 2 is 1.13 bits per heavy atom. The zero-order chi connectivity index (χ0) is 36.6. The molecule has 4 nitrogen and oxygen atoms in total. The van der Waals surface area contributed by atoms with Crippen LogP contribution in [0.5, 0.6) is 0 Å². The van der Waals surface area contributed by atoms with Gasteiger partial charge in [-0.3, -0.25) is 0 Å². The fraction of sp³-hybridized carbons (Fsp3) is 0.125. The van der Waals surface area contributed by atoms with Crippen molar-refractivity contribution in [2.75, 3.05) is 4.90 Å². The molecule has 2 aliphatic carbocycles. The van der Waals surface area contributed by atoms with Crippen LogP contribution in [0.25, 0.3) is 49.5 Å². The highest BCUT2D eigenvalue weighted by Crippen LogP contribution is 2.53. The molecule has 0 atom stereocenters. The molecule has 2 aliphatic rings. The Hall–Kier alpha value is -6.22. The zero-order valence-corrected chi connectivity index (χ0v) is 30.8. The third kappa shape index (κ3) is 5.05. The Labute approximate surface area is 313 Å². The summed E-state index contributed by atoms with van der Waals surface area (Å²) >= 11 is 1.48. The number of carboxylic acid groups (broad SMARTS) is 1. The minimum Gasteiger partial charge on any atom is -0.477 e. The number of benzene rings is 6. The average Bonchev–Trinajstić information content (AvgIpc) is 3.77. The molecule has 0 unspecified atom stereocenters. The number of rotatable bonds is 6. The van der Waals surface area contributed by atoms with Gasteiger partial charge in [0.2, 0.25) is 0 Å². The lowest BCUT2D eigenvalue weighted by Crippen LogP contribution is -2.18. The van der Waals surface area contributed by atoms with E-state index in [4.69, 9.17) is 0 Å². The molecule has 9 rings (SSSR count). The molecule has 1 aromatic heterocycles. The molecule has 0 amide bonds. The van der Waals surface area contributed by atoms with Crippen molar-refractivity contribution in [2.24, 2.45) is 0 Å². The second-order valence-electron chi connectivity index (χ2n) is 15.0. The van der Waals surface area contributed by atoms with Crippen LogP contribution in [-0.4, -0.2) is 11.1 Å². The van der Waals surface area contributed by atoms with Gasteiger partial charge in [-0.2, -0.15) is 5.26 Å². The van der Waals surface area contributed by atoms with Crippen LogP contribution in [0.1, 0.15) is 54.8 Å². The van der Waals surface area contributed by atoms with Crippen molar-refractivity contribution < 1.29 is 9.90 Å². The standard InChI is InChI=1S/C48H36N2O2S/c1-47(2)41-13-7-5-10-36(41)38-22-20-32(25-43(38)47)50(33-21-23-39-37-11-6-8-14-42(37)48(3,4)44(39)26-33)31-18-16-29(17-19-31)35-12-9-15-45-40(35)27-34(53-45)24-30(28-49)46(51)52/h5-27H,1-4H3,(H,51,52)/b30-24-. The van der Waals surface area contributed by atoms with E-state index in [1.165, 1.54) is 61.9 Å². The van der Waals surface area contributed by atoms with Gasteiger partial charge in [0.15, 0.2) is 0 Å². The molecule has 1 N–H and O–H groups in total. The maximum absolute atomic E-state index is 11.5. The van der Waals surface area contributed by atoms with Crippen LogP contribution in [0.4, 0.5) is 17.1 Å². The summed E-state index contributed by atoms with van der Waals surface area (Å²) in [4.78, 5) is 14.6. The maximum atomic E-state index is 11.5. The third-order valence-corrected chi connectivity index (χ3v) is 12.4. The molecule has 0 aliphatic heterocycles. The van der Waals surface area contributed by atoms with Gasteiger partial charge < -0.3 is 10.0 Å². The first-order valence-electron chi connectivity index (χ1n) is 17.8. The SMILES string of the molecule is CC1(C)c2ccccc2-c2ccc(N(c3ccc(-c4cccc5sc(/C=C(/C#N)C(=O)O)cc45)cc3)c3ccc4c(c3)C(C)(C)c3ccccc3-4)cc21. The Morgan fingerprint density at radius 1 is 0.623 bits per heavy atom. The number of carboxylic acids is 1. The second-order valence-corrected chi connectivity index (χ2v) is 16.1. The number of fused-ring (bicyclic) bond motifs is 7. The summed E-state index contributed by atoms with van der Waals surface area (Å²) in [6.07, 6.45) is 1.45. The largest absolute Gasteiger partial charge is 0.477 e. The highest BCUT2D eigenvalue weighted by atomic mass is 32.1. The molecule has 0 fully saturated rings. The molecule has 7 aromatic rings. The van der Waals surface area contributed by atoms with Gasteiger partial charge in [0.05, 0.1) is 0 Å². The van der Waals surface area contributed by atoms with E-state index in [-0.39, 0.29) is 16.4 Å². The lowest BCUT2D eigenvalue weighted by molar-refractivity contribution is -0.132. The summed E-state index contributed by atoms with van der Waals surface area (Å²) in [6, 6.07) is 50.0. The number of anilines is 3. The normalized spacial score (nSPS) is 14.6. The van der Waals surface area contributed by atoms with Gasteiger partial charge in [-0.05, 0) is 110 Å². The lowest BCUT2D eigenvalue weighted by atomic mass is 9.82. The van der Waals surface area contributed by atoms with Crippen molar-refractivity contribution in [3.63, 3.8) is 0 Å². The van der Waals surface area contributed by atoms with E-state index >= 15 is 0 Å². The maximum Gasteiger partial charge on any atom is 0.346 e. The van der Waals surface area contributed by atoms with Crippen LogP contribution < -0.4 is 4.90 Å². The zero-order valence-electron chi connectivity index (χ0n) is 29.9. The fourth-order valence-corrected chi connectivity index (χ4v) is 9.62. The van der Waals surface area contributed by atoms with Gasteiger partial charge in [0.1, 0.15) is 11.6 Å². The highest BCUT2D eigenvalue weighted by Gasteiger charge is 2.37. The second kappa shape index (κ2) is 11.9. The summed E-state index contributed by atoms with van der Waals surface area (Å²) in [6.45, 7) is 9.30. The quantitative estimate of drug-likeness (QED) is 0.138. The van der Waals surface area contributed by atoms with Crippen LogP contribution in [0.2, 0.25) is 0 Å². The van der Waals surface area contributed by atoms with E-state index in [0.717, 1.165) is 43.2 Å². The Balaban J connectivity index is 1.17. The van der Waals surface area contributed by atoms with E-state index in [1.54, 1.807) is 6.07 Å². The molecule has 0 saturated heterocycles. The third-order valence-electron chi connectivity index (χ3n) is 11.3. The molecule has 256 valence electrons. The Kier molecular flexibility index (Phi) is 7.34. The van der Waals surface area contributed by atoms with Crippen molar-refractivity contribution in [2.45, 2.75) is 38.5 Å². The van der Waals surface area contributed by atoms with Crippen LogP contribution >= 0.6 is 11.3 Å². The van der Waals surface area contributed by atoms with E-state index in [2.05, 4.69) is 148 Å². The predicted molar refractivity (Wildman–Crippen MR) is 218 cm³/mol. The van der Waals surface area contributed by atoms with Crippen molar-refractivity contribution in [3.05, 3.63) is 166 Å². The summed E-state index contributed by atoms with van der Waals surface area (Å²) in [5.41, 5.74) is 15.4. The van der Waals surface area contributed by atoms with E-state index in [0.29, 0.717) is 0 Å². The van der Waals surface area contributed by atoms with Crippen LogP contribution in [0.3, 0.4) is 0 Å². The molecule has 6 aromatic carbocycles. The van der Waals surface area contributed by atoms with Crippen molar-refractivity contribution in [1.29, 1.82) is 5.26 Å². The smallest absolute Gasteiger partial charge is 0.346 e. The van der Waals surface area contributed by atoms with Gasteiger partial charge in [0, 0.05) is 42.9 Å².